The third kappa shape index (κ3) is 2.21. The van der Waals surface area contributed by atoms with Gasteiger partial charge in [0.15, 0.2) is 0 Å². The van der Waals surface area contributed by atoms with Gasteiger partial charge in [-0.25, -0.2) is 4.68 Å². The Morgan fingerprint density at radius 2 is 2.00 bits per heavy atom. The molecule has 0 atom stereocenters. The van der Waals surface area contributed by atoms with Crippen molar-refractivity contribution in [2.24, 2.45) is 0 Å². The first-order chi connectivity index (χ1) is 10.1. The van der Waals surface area contributed by atoms with Crippen molar-refractivity contribution in [2.45, 2.75) is 0 Å². The Balaban J connectivity index is 2.22. The number of hydrogen-bond acceptors (Lipinski definition) is 3. The molecule has 0 spiro atoms. The highest BCUT2D eigenvalue weighted by atomic mass is 35.5. The number of hydrogen-bond donors (Lipinski definition) is 2. The minimum Gasteiger partial charge on any atom is -0.387 e. The monoisotopic (exact) mass is 301 g/mol. The van der Waals surface area contributed by atoms with E-state index in [1.165, 1.54) is 4.68 Å². The van der Waals surface area contributed by atoms with Gasteiger partial charge >= 0.3 is 0 Å². The van der Waals surface area contributed by atoms with E-state index in [1.54, 1.807) is 49.5 Å². The maximum absolute atomic E-state index is 12.7. The molecule has 0 fully saturated rings. The van der Waals surface area contributed by atoms with Gasteiger partial charge in [0.2, 0.25) is 0 Å². The van der Waals surface area contributed by atoms with Crippen LogP contribution in [-0.4, -0.2) is 22.7 Å². The number of aromatic nitrogens is 2. The summed E-state index contributed by atoms with van der Waals surface area (Å²) in [5.74, 6) is -0.347. The molecule has 0 aliphatic carbocycles. The number of fused-ring (bicyclic) bond motifs is 1. The summed E-state index contributed by atoms with van der Waals surface area (Å²) in [6.45, 7) is 0. The number of H-pyrrole nitrogens is 1. The molecular formula is C15H12ClN3O2. The Bertz CT molecular complexity index is 895. The van der Waals surface area contributed by atoms with Crippen molar-refractivity contribution in [3.8, 4) is 0 Å². The van der Waals surface area contributed by atoms with Gasteiger partial charge in [0, 0.05) is 17.8 Å². The number of nitrogens with one attached hydrogen (secondary N) is 2. The molecule has 5 nitrogen and oxygen atoms in total. The van der Waals surface area contributed by atoms with E-state index in [4.69, 9.17) is 11.6 Å². The van der Waals surface area contributed by atoms with Gasteiger partial charge in [-0.2, -0.15) is 0 Å². The molecule has 21 heavy (non-hydrogen) atoms. The average Bonchev–Trinajstić information content (AvgIpc) is 2.84. The second-order valence-corrected chi connectivity index (χ2v) is 4.97. The first kappa shape index (κ1) is 13.5. The predicted octanol–water partition coefficient (Wildman–Crippen LogP) is 2.71. The molecule has 2 N–H and O–H groups in total. The molecule has 0 saturated carbocycles. The number of carbonyl (C=O) groups excluding carboxylic acids is 1. The van der Waals surface area contributed by atoms with Gasteiger partial charge in [0.25, 0.3) is 11.5 Å². The molecular weight excluding hydrogens is 290 g/mol. The summed E-state index contributed by atoms with van der Waals surface area (Å²) >= 11 is 5.97. The molecule has 0 radical (unpaired) electrons. The van der Waals surface area contributed by atoms with Crippen molar-refractivity contribution < 1.29 is 4.79 Å². The summed E-state index contributed by atoms with van der Waals surface area (Å²) in [5, 5.41) is 6.43. The lowest BCUT2D eigenvalue weighted by Gasteiger charge is -2.09. The van der Waals surface area contributed by atoms with Crippen LogP contribution in [0.4, 0.5) is 5.69 Å². The van der Waals surface area contributed by atoms with E-state index in [9.17, 15) is 9.59 Å². The molecule has 1 heterocycles. The third-order valence-corrected chi connectivity index (χ3v) is 3.52. The van der Waals surface area contributed by atoms with E-state index in [0.29, 0.717) is 27.2 Å². The van der Waals surface area contributed by atoms with Crippen molar-refractivity contribution >= 4 is 34.1 Å². The molecule has 1 aromatic heterocycles. The second-order valence-electron chi connectivity index (χ2n) is 4.54. The number of halogens is 1. The number of anilines is 1. The van der Waals surface area contributed by atoms with Crippen LogP contribution in [0.15, 0.2) is 47.3 Å². The zero-order valence-electron chi connectivity index (χ0n) is 11.2. The Hall–Kier alpha value is -2.53. The lowest BCUT2D eigenvalue weighted by Crippen LogP contribution is -2.17. The SMILES string of the molecule is CNc1ccc(Cl)cc1C(=O)n1[nH]c(=O)c2ccccc21. The summed E-state index contributed by atoms with van der Waals surface area (Å²) < 4.78 is 1.24. The van der Waals surface area contributed by atoms with Crippen LogP contribution in [0.3, 0.4) is 0 Å². The maximum atomic E-state index is 12.7. The highest BCUT2D eigenvalue weighted by Crippen LogP contribution is 2.22. The van der Waals surface area contributed by atoms with Crippen LogP contribution in [0.1, 0.15) is 10.4 Å². The number of benzene rings is 2. The average molecular weight is 302 g/mol. The van der Waals surface area contributed by atoms with Crippen LogP contribution in [-0.2, 0) is 0 Å². The van der Waals surface area contributed by atoms with E-state index in [1.807, 2.05) is 0 Å². The fraction of sp³-hybridized carbons (Fsp3) is 0.0667. The van der Waals surface area contributed by atoms with Gasteiger partial charge in [0.1, 0.15) is 0 Å². The minimum atomic E-state index is -0.347. The first-order valence-corrected chi connectivity index (χ1v) is 6.71. The lowest BCUT2D eigenvalue weighted by molar-refractivity contribution is 0.0950. The van der Waals surface area contributed by atoms with Crippen LogP contribution in [0.5, 0.6) is 0 Å². The fourth-order valence-electron chi connectivity index (χ4n) is 2.27. The fourth-order valence-corrected chi connectivity index (χ4v) is 2.45. The topological polar surface area (TPSA) is 66.9 Å². The quantitative estimate of drug-likeness (QED) is 0.765. The highest BCUT2D eigenvalue weighted by molar-refractivity contribution is 6.31. The first-order valence-electron chi connectivity index (χ1n) is 6.33. The number of carbonyl (C=O) groups is 1. The molecule has 0 unspecified atom stereocenters. The third-order valence-electron chi connectivity index (χ3n) is 3.29. The standard InChI is InChI=1S/C15H12ClN3O2/c1-17-12-7-6-9(16)8-11(12)15(21)19-13-5-3-2-4-10(13)14(20)18-19/h2-8,17H,1H3,(H,18,20). The molecule has 106 valence electrons. The smallest absolute Gasteiger partial charge is 0.279 e. The van der Waals surface area contributed by atoms with Crippen LogP contribution < -0.4 is 10.9 Å². The van der Waals surface area contributed by atoms with Gasteiger partial charge in [-0.1, -0.05) is 23.7 Å². The molecule has 0 bridgehead atoms. The number of aromatic amines is 1. The molecule has 0 amide bonds. The van der Waals surface area contributed by atoms with Crippen molar-refractivity contribution in [1.29, 1.82) is 0 Å². The molecule has 0 aliphatic rings. The van der Waals surface area contributed by atoms with Crippen molar-refractivity contribution in [3.05, 3.63) is 63.4 Å². The molecule has 6 heteroatoms. The van der Waals surface area contributed by atoms with Gasteiger partial charge < -0.3 is 5.32 Å². The number of rotatable bonds is 2. The summed E-state index contributed by atoms with van der Waals surface area (Å²) in [4.78, 5) is 24.6. The minimum absolute atomic E-state index is 0.299. The van der Waals surface area contributed by atoms with E-state index >= 15 is 0 Å². The Labute approximate surface area is 125 Å². The Morgan fingerprint density at radius 1 is 1.24 bits per heavy atom. The maximum Gasteiger partial charge on any atom is 0.279 e. The van der Waals surface area contributed by atoms with Crippen LogP contribution >= 0.6 is 11.6 Å². The van der Waals surface area contributed by atoms with Gasteiger partial charge in [-0.15, -0.1) is 0 Å². The van der Waals surface area contributed by atoms with E-state index in [0.717, 1.165) is 0 Å². The molecule has 3 aromatic rings. The Morgan fingerprint density at radius 3 is 2.76 bits per heavy atom. The molecule has 0 saturated heterocycles. The van der Waals surface area contributed by atoms with Gasteiger partial charge in [-0.3, -0.25) is 14.7 Å². The van der Waals surface area contributed by atoms with Gasteiger partial charge in [0.05, 0.1) is 16.5 Å². The number of nitrogens with zero attached hydrogens (tertiary/aromatic N) is 1. The van der Waals surface area contributed by atoms with Crippen LogP contribution in [0, 0.1) is 0 Å². The van der Waals surface area contributed by atoms with Crippen molar-refractivity contribution in [1.82, 2.24) is 9.78 Å². The Kier molecular flexibility index (Phi) is 3.27. The van der Waals surface area contributed by atoms with Crippen LogP contribution in [0.25, 0.3) is 10.9 Å². The summed E-state index contributed by atoms with van der Waals surface area (Å²) in [7, 11) is 1.72. The summed E-state index contributed by atoms with van der Waals surface area (Å²) in [5.41, 5.74) is 1.27. The lowest BCUT2D eigenvalue weighted by atomic mass is 10.1. The predicted molar refractivity (Wildman–Crippen MR) is 83.3 cm³/mol. The zero-order chi connectivity index (χ0) is 15.0. The largest absolute Gasteiger partial charge is 0.387 e. The number of para-hydroxylation sites is 1. The molecule has 0 aliphatic heterocycles. The highest BCUT2D eigenvalue weighted by Gasteiger charge is 2.17. The second kappa shape index (κ2) is 5.10. The van der Waals surface area contributed by atoms with Crippen molar-refractivity contribution in [3.63, 3.8) is 0 Å². The van der Waals surface area contributed by atoms with Gasteiger partial charge in [-0.05, 0) is 30.3 Å². The normalized spacial score (nSPS) is 10.8. The van der Waals surface area contributed by atoms with E-state index in [2.05, 4.69) is 10.4 Å². The molecule has 3 rings (SSSR count). The van der Waals surface area contributed by atoms with E-state index < -0.39 is 0 Å². The van der Waals surface area contributed by atoms with Crippen LogP contribution in [0.2, 0.25) is 5.02 Å². The zero-order valence-corrected chi connectivity index (χ0v) is 11.9. The molecule has 2 aromatic carbocycles. The van der Waals surface area contributed by atoms with E-state index in [-0.39, 0.29) is 11.5 Å². The summed E-state index contributed by atoms with van der Waals surface area (Å²) in [6, 6.07) is 11.9. The van der Waals surface area contributed by atoms with Crippen molar-refractivity contribution in [2.75, 3.05) is 12.4 Å². The summed E-state index contributed by atoms with van der Waals surface area (Å²) in [6.07, 6.45) is 0.